The van der Waals surface area contributed by atoms with E-state index in [1.165, 1.54) is 11.3 Å². The van der Waals surface area contributed by atoms with Crippen molar-refractivity contribution in [2.75, 3.05) is 16.0 Å². The number of carbonyl (C=O) groups excluding carboxylic acids is 2. The second-order valence-electron chi connectivity index (χ2n) is 9.46. The van der Waals surface area contributed by atoms with Gasteiger partial charge in [-0.15, -0.1) is 11.3 Å². The van der Waals surface area contributed by atoms with E-state index in [9.17, 15) is 9.59 Å². The molecule has 182 valence electrons. The van der Waals surface area contributed by atoms with Crippen LogP contribution in [0.1, 0.15) is 40.9 Å². The first-order valence-electron chi connectivity index (χ1n) is 12.2. The first-order valence-corrected chi connectivity index (χ1v) is 13.1. The van der Waals surface area contributed by atoms with Gasteiger partial charge in [-0.3, -0.25) is 14.6 Å². The third-order valence-corrected chi connectivity index (χ3v) is 8.15. The Balaban J connectivity index is 1.09. The molecule has 1 aliphatic carbocycles. The van der Waals surface area contributed by atoms with E-state index in [1.807, 2.05) is 66.2 Å². The molecular weight excluding hydrogens is 470 g/mol. The highest BCUT2D eigenvalue weighted by Gasteiger charge is 2.44. The molecule has 2 amide bonds. The molecule has 0 radical (unpaired) electrons. The number of nitrogens with one attached hydrogen (secondary N) is 4. The van der Waals surface area contributed by atoms with Crippen molar-refractivity contribution in [1.82, 2.24) is 10.3 Å². The summed E-state index contributed by atoms with van der Waals surface area (Å²) >= 11 is 1.44. The third-order valence-electron chi connectivity index (χ3n) is 7.24. The molecular formula is C28H27N5O2S. The standard InChI is InChI=1S/C28H27N5O2S/c34-26(25-24(12-16-36-25)30-17-18-11-15-29-21-6-2-1-5-20(18)21)31-19-9-13-28(14-10-19)27(35)32-22-7-3-4-8-23(22)33-28/h1-8,11-12,15-16,19,30,33H,9-10,13-14,17H2,(H,31,34)(H,32,35). The van der Waals surface area contributed by atoms with E-state index >= 15 is 0 Å². The van der Waals surface area contributed by atoms with Gasteiger partial charge < -0.3 is 21.3 Å². The average molecular weight is 498 g/mol. The Morgan fingerprint density at radius 3 is 2.67 bits per heavy atom. The van der Waals surface area contributed by atoms with Crippen LogP contribution < -0.4 is 21.3 Å². The second kappa shape index (κ2) is 9.28. The molecule has 4 aromatic rings. The summed E-state index contributed by atoms with van der Waals surface area (Å²) in [6.07, 6.45) is 4.64. The van der Waals surface area contributed by atoms with Gasteiger partial charge >= 0.3 is 0 Å². The number of thiophene rings is 1. The number of pyridine rings is 1. The third kappa shape index (κ3) is 4.18. The molecule has 0 saturated heterocycles. The minimum Gasteiger partial charge on any atom is -0.380 e. The summed E-state index contributed by atoms with van der Waals surface area (Å²) in [6, 6.07) is 19.8. The van der Waals surface area contributed by atoms with Crippen molar-refractivity contribution in [2.45, 2.75) is 43.8 Å². The summed E-state index contributed by atoms with van der Waals surface area (Å²) in [7, 11) is 0. The zero-order valence-corrected chi connectivity index (χ0v) is 20.5. The van der Waals surface area contributed by atoms with E-state index in [4.69, 9.17) is 0 Å². The van der Waals surface area contributed by atoms with Gasteiger partial charge in [-0.1, -0.05) is 30.3 Å². The first-order chi connectivity index (χ1) is 17.6. The highest BCUT2D eigenvalue weighted by Crippen LogP contribution is 2.39. The summed E-state index contributed by atoms with van der Waals surface area (Å²) in [5, 5.41) is 16.2. The molecule has 7 nitrogen and oxygen atoms in total. The quantitative estimate of drug-likeness (QED) is 0.297. The normalized spacial score (nSPS) is 20.9. The lowest BCUT2D eigenvalue weighted by molar-refractivity contribution is -0.121. The Kier molecular flexibility index (Phi) is 5.81. The molecule has 4 N–H and O–H groups in total. The van der Waals surface area contributed by atoms with Gasteiger partial charge in [0.2, 0.25) is 5.91 Å². The molecule has 8 heteroatoms. The van der Waals surface area contributed by atoms with E-state index < -0.39 is 5.54 Å². The lowest BCUT2D eigenvalue weighted by atomic mass is 9.77. The lowest BCUT2D eigenvalue weighted by Crippen LogP contribution is -2.56. The fourth-order valence-electron chi connectivity index (χ4n) is 5.24. The van der Waals surface area contributed by atoms with Crippen LogP contribution in [-0.2, 0) is 11.3 Å². The molecule has 0 unspecified atom stereocenters. The molecule has 1 fully saturated rings. The van der Waals surface area contributed by atoms with Crippen LogP contribution in [0.4, 0.5) is 17.1 Å². The summed E-state index contributed by atoms with van der Waals surface area (Å²) in [5.41, 5.74) is 4.08. The molecule has 0 atom stereocenters. The van der Waals surface area contributed by atoms with Crippen molar-refractivity contribution in [3.8, 4) is 0 Å². The molecule has 0 bridgehead atoms. The lowest BCUT2D eigenvalue weighted by Gasteiger charge is -2.43. The van der Waals surface area contributed by atoms with E-state index in [2.05, 4.69) is 32.3 Å². The van der Waals surface area contributed by atoms with Crippen LogP contribution in [0.5, 0.6) is 0 Å². The van der Waals surface area contributed by atoms with Crippen molar-refractivity contribution < 1.29 is 9.59 Å². The monoisotopic (exact) mass is 497 g/mol. The van der Waals surface area contributed by atoms with Crippen molar-refractivity contribution in [2.24, 2.45) is 0 Å². The van der Waals surface area contributed by atoms with Gasteiger partial charge in [-0.05, 0) is 67.0 Å². The van der Waals surface area contributed by atoms with E-state index in [1.54, 1.807) is 0 Å². The highest BCUT2D eigenvalue weighted by molar-refractivity contribution is 7.12. The van der Waals surface area contributed by atoms with Gasteiger partial charge in [0, 0.05) is 24.2 Å². The molecule has 6 rings (SSSR count). The van der Waals surface area contributed by atoms with Gasteiger partial charge in [-0.2, -0.15) is 0 Å². The summed E-state index contributed by atoms with van der Waals surface area (Å²) in [6.45, 7) is 0.605. The SMILES string of the molecule is O=C(NC1CCC2(CC1)Nc1ccccc1NC2=O)c1sccc1NCc1ccnc2ccccc12. The number of fused-ring (bicyclic) bond motifs is 2. The Bertz CT molecular complexity index is 1440. The number of anilines is 3. The molecule has 36 heavy (non-hydrogen) atoms. The van der Waals surface area contributed by atoms with Gasteiger partial charge in [0.25, 0.3) is 5.91 Å². The van der Waals surface area contributed by atoms with Crippen LogP contribution in [0.3, 0.4) is 0 Å². The zero-order valence-electron chi connectivity index (χ0n) is 19.7. The van der Waals surface area contributed by atoms with Crippen molar-refractivity contribution in [3.05, 3.63) is 82.7 Å². The van der Waals surface area contributed by atoms with Gasteiger partial charge in [0.15, 0.2) is 0 Å². The smallest absolute Gasteiger partial charge is 0.263 e. The number of rotatable bonds is 5. The second-order valence-corrected chi connectivity index (χ2v) is 10.4. The largest absolute Gasteiger partial charge is 0.380 e. The molecule has 1 spiro atoms. The van der Waals surface area contributed by atoms with Crippen LogP contribution in [0.15, 0.2) is 72.2 Å². The highest BCUT2D eigenvalue weighted by atomic mass is 32.1. The van der Waals surface area contributed by atoms with Crippen LogP contribution in [0.25, 0.3) is 10.9 Å². The van der Waals surface area contributed by atoms with Crippen LogP contribution >= 0.6 is 11.3 Å². The molecule has 1 saturated carbocycles. The number of nitrogens with zero attached hydrogens (tertiary/aromatic N) is 1. The van der Waals surface area contributed by atoms with E-state index in [-0.39, 0.29) is 17.9 Å². The maximum atomic E-state index is 13.2. The molecule has 2 aromatic carbocycles. The van der Waals surface area contributed by atoms with Crippen molar-refractivity contribution in [1.29, 1.82) is 0 Å². The fourth-order valence-corrected chi connectivity index (χ4v) is 6.01. The van der Waals surface area contributed by atoms with Crippen LogP contribution in [0, 0.1) is 0 Å². The summed E-state index contributed by atoms with van der Waals surface area (Å²) in [5.74, 6) is -0.0567. The van der Waals surface area contributed by atoms with Crippen molar-refractivity contribution in [3.63, 3.8) is 0 Å². The van der Waals surface area contributed by atoms with Gasteiger partial charge in [0.1, 0.15) is 10.4 Å². The Morgan fingerprint density at radius 1 is 1.03 bits per heavy atom. The Morgan fingerprint density at radius 2 is 1.81 bits per heavy atom. The zero-order chi connectivity index (χ0) is 24.5. The molecule has 2 aliphatic rings. The van der Waals surface area contributed by atoms with E-state index in [0.29, 0.717) is 24.3 Å². The minimum absolute atomic E-state index is 0.0133. The number of aromatic nitrogens is 1. The first kappa shape index (κ1) is 22.5. The predicted molar refractivity (Wildman–Crippen MR) is 145 cm³/mol. The molecule has 3 heterocycles. The number of benzene rings is 2. The number of amides is 2. The molecule has 2 aromatic heterocycles. The van der Waals surface area contributed by atoms with Gasteiger partial charge in [-0.25, -0.2) is 0 Å². The predicted octanol–water partition coefficient (Wildman–Crippen LogP) is 5.38. The van der Waals surface area contributed by atoms with E-state index in [0.717, 1.165) is 46.4 Å². The maximum Gasteiger partial charge on any atom is 0.263 e. The topological polar surface area (TPSA) is 95.2 Å². The number of hydrogen-bond donors (Lipinski definition) is 4. The fraction of sp³-hybridized carbons (Fsp3) is 0.250. The Hall–Kier alpha value is -3.91. The Labute approximate surface area is 213 Å². The number of para-hydroxylation sites is 3. The summed E-state index contributed by atoms with van der Waals surface area (Å²) < 4.78 is 0. The van der Waals surface area contributed by atoms with Crippen LogP contribution in [-0.4, -0.2) is 28.4 Å². The number of hydrogen-bond acceptors (Lipinski definition) is 6. The van der Waals surface area contributed by atoms with Crippen LogP contribution in [0.2, 0.25) is 0 Å². The molecule has 1 aliphatic heterocycles. The minimum atomic E-state index is -0.613. The van der Waals surface area contributed by atoms with Gasteiger partial charge in [0.05, 0.1) is 22.6 Å². The summed E-state index contributed by atoms with van der Waals surface area (Å²) in [4.78, 5) is 31.2. The maximum absolute atomic E-state index is 13.2. The number of carbonyl (C=O) groups is 2. The average Bonchev–Trinajstić information content (AvgIpc) is 3.38. The van der Waals surface area contributed by atoms with Crippen molar-refractivity contribution >= 4 is 51.1 Å².